The molecule has 0 radical (unpaired) electrons. The first-order valence-corrected chi connectivity index (χ1v) is 8.15. The molecule has 0 aromatic heterocycles. The summed E-state index contributed by atoms with van der Waals surface area (Å²) in [6, 6.07) is 9.34. The number of amides is 1. The third kappa shape index (κ3) is 4.95. The number of halogens is 1. The van der Waals surface area contributed by atoms with Crippen LogP contribution in [0.1, 0.15) is 44.1 Å². The van der Waals surface area contributed by atoms with Crippen LogP contribution in [0.2, 0.25) is 0 Å². The second-order valence-electron chi connectivity index (χ2n) is 6.54. The van der Waals surface area contributed by atoms with E-state index in [2.05, 4.69) is 5.32 Å². The molecule has 6 heteroatoms. The molecule has 0 bridgehead atoms. The maximum atomic E-state index is 12.5. The molecule has 2 rings (SSSR count). The quantitative estimate of drug-likeness (QED) is 0.795. The summed E-state index contributed by atoms with van der Waals surface area (Å²) in [5, 5.41) is 2.90. The average molecular weight is 355 g/mol. The number of ether oxygens (including phenoxy) is 1. The Morgan fingerprint density at radius 1 is 1.33 bits per heavy atom. The highest BCUT2D eigenvalue weighted by atomic mass is 35.5. The van der Waals surface area contributed by atoms with Gasteiger partial charge in [-0.05, 0) is 25.3 Å². The van der Waals surface area contributed by atoms with Gasteiger partial charge in [0, 0.05) is 12.1 Å². The molecule has 0 heterocycles. The Labute approximate surface area is 149 Å². The van der Waals surface area contributed by atoms with E-state index in [-0.39, 0.29) is 36.7 Å². The van der Waals surface area contributed by atoms with E-state index in [0.717, 1.165) is 31.2 Å². The Morgan fingerprint density at radius 2 is 2.00 bits per heavy atom. The van der Waals surface area contributed by atoms with E-state index >= 15 is 0 Å². The number of methoxy groups -OCH3 is 1. The monoisotopic (exact) mass is 354 g/mol. The number of carbonyl (C=O) groups excluding carboxylic acids is 2. The fourth-order valence-corrected chi connectivity index (χ4v) is 3.28. The van der Waals surface area contributed by atoms with E-state index in [4.69, 9.17) is 10.5 Å². The van der Waals surface area contributed by atoms with Crippen molar-refractivity contribution in [3.8, 4) is 0 Å². The van der Waals surface area contributed by atoms with Crippen molar-refractivity contribution in [2.75, 3.05) is 13.7 Å². The molecule has 3 N–H and O–H groups in total. The zero-order chi connectivity index (χ0) is 16.9. The summed E-state index contributed by atoms with van der Waals surface area (Å²) < 4.78 is 4.87. The fraction of sp³-hybridized carbons (Fsp3) is 0.556. The van der Waals surface area contributed by atoms with Crippen LogP contribution in [0.4, 0.5) is 0 Å². The SMILES string of the molecule is COC(=O)C(CNC(=O)C1CCCCC1(C)N)c1ccccc1.Cl. The van der Waals surface area contributed by atoms with Gasteiger partial charge in [-0.3, -0.25) is 9.59 Å². The molecular weight excluding hydrogens is 328 g/mol. The van der Waals surface area contributed by atoms with Crippen LogP contribution in [-0.4, -0.2) is 31.1 Å². The summed E-state index contributed by atoms with van der Waals surface area (Å²) in [6.07, 6.45) is 3.73. The highest BCUT2D eigenvalue weighted by molar-refractivity contribution is 5.85. The number of nitrogens with one attached hydrogen (secondary N) is 1. The molecule has 0 aliphatic heterocycles. The number of esters is 1. The predicted molar refractivity (Wildman–Crippen MR) is 96.0 cm³/mol. The van der Waals surface area contributed by atoms with Crippen molar-refractivity contribution in [1.29, 1.82) is 0 Å². The van der Waals surface area contributed by atoms with Crippen LogP contribution >= 0.6 is 12.4 Å². The summed E-state index contributed by atoms with van der Waals surface area (Å²) >= 11 is 0. The second kappa shape index (κ2) is 9.04. The molecule has 1 aliphatic carbocycles. The van der Waals surface area contributed by atoms with Crippen molar-refractivity contribution in [3.63, 3.8) is 0 Å². The maximum Gasteiger partial charge on any atom is 0.314 e. The van der Waals surface area contributed by atoms with Gasteiger partial charge >= 0.3 is 5.97 Å². The lowest BCUT2D eigenvalue weighted by molar-refractivity contribution is -0.142. The van der Waals surface area contributed by atoms with Crippen LogP contribution < -0.4 is 11.1 Å². The molecule has 0 spiro atoms. The molecule has 3 unspecified atom stereocenters. The van der Waals surface area contributed by atoms with Crippen LogP contribution in [0.3, 0.4) is 0 Å². The van der Waals surface area contributed by atoms with Crippen molar-refractivity contribution in [2.45, 2.75) is 44.1 Å². The molecule has 1 saturated carbocycles. The topological polar surface area (TPSA) is 81.4 Å². The van der Waals surface area contributed by atoms with Gasteiger partial charge < -0.3 is 15.8 Å². The Balaban J connectivity index is 0.00000288. The van der Waals surface area contributed by atoms with Gasteiger partial charge in [-0.25, -0.2) is 0 Å². The van der Waals surface area contributed by atoms with Gasteiger partial charge in [0.25, 0.3) is 0 Å². The molecule has 0 saturated heterocycles. The summed E-state index contributed by atoms with van der Waals surface area (Å²) in [7, 11) is 1.36. The van der Waals surface area contributed by atoms with Gasteiger partial charge in [-0.2, -0.15) is 0 Å². The van der Waals surface area contributed by atoms with Gasteiger partial charge in [0.15, 0.2) is 0 Å². The van der Waals surface area contributed by atoms with E-state index in [1.807, 2.05) is 37.3 Å². The van der Waals surface area contributed by atoms with Crippen LogP contribution in [0.15, 0.2) is 30.3 Å². The largest absolute Gasteiger partial charge is 0.468 e. The molecule has 1 aliphatic rings. The molecule has 3 atom stereocenters. The lowest BCUT2D eigenvalue weighted by Crippen LogP contribution is -2.53. The number of carbonyl (C=O) groups is 2. The van der Waals surface area contributed by atoms with E-state index < -0.39 is 11.5 Å². The van der Waals surface area contributed by atoms with Crippen molar-refractivity contribution >= 4 is 24.3 Å². The van der Waals surface area contributed by atoms with Gasteiger partial charge in [-0.1, -0.05) is 43.2 Å². The van der Waals surface area contributed by atoms with Crippen molar-refractivity contribution in [1.82, 2.24) is 5.32 Å². The van der Waals surface area contributed by atoms with Gasteiger partial charge in [0.05, 0.1) is 18.9 Å². The molecular formula is C18H27ClN2O3. The zero-order valence-corrected chi connectivity index (χ0v) is 15.1. The van der Waals surface area contributed by atoms with E-state index in [1.54, 1.807) is 0 Å². The van der Waals surface area contributed by atoms with Crippen LogP contribution in [0.5, 0.6) is 0 Å². The lowest BCUT2D eigenvalue weighted by atomic mass is 9.74. The molecule has 1 fully saturated rings. The summed E-state index contributed by atoms with van der Waals surface area (Å²) in [5.41, 5.74) is 6.63. The molecule has 5 nitrogen and oxygen atoms in total. The van der Waals surface area contributed by atoms with E-state index in [1.165, 1.54) is 7.11 Å². The fourth-order valence-electron chi connectivity index (χ4n) is 3.28. The number of rotatable bonds is 5. The summed E-state index contributed by atoms with van der Waals surface area (Å²) in [4.78, 5) is 24.5. The zero-order valence-electron chi connectivity index (χ0n) is 14.3. The van der Waals surface area contributed by atoms with Crippen LogP contribution in [-0.2, 0) is 14.3 Å². The molecule has 24 heavy (non-hydrogen) atoms. The van der Waals surface area contributed by atoms with Crippen molar-refractivity contribution < 1.29 is 14.3 Å². The first-order chi connectivity index (χ1) is 11.0. The number of hydrogen-bond donors (Lipinski definition) is 2. The first-order valence-electron chi connectivity index (χ1n) is 8.15. The maximum absolute atomic E-state index is 12.5. The van der Waals surface area contributed by atoms with Gasteiger partial charge in [0.2, 0.25) is 5.91 Å². The van der Waals surface area contributed by atoms with E-state index in [0.29, 0.717) is 0 Å². The smallest absolute Gasteiger partial charge is 0.314 e. The normalized spacial score (nSPS) is 24.4. The molecule has 1 aromatic rings. The molecule has 134 valence electrons. The van der Waals surface area contributed by atoms with Crippen LogP contribution in [0.25, 0.3) is 0 Å². The highest BCUT2D eigenvalue weighted by Gasteiger charge is 2.38. The minimum absolute atomic E-state index is 0. The summed E-state index contributed by atoms with van der Waals surface area (Å²) in [5.74, 6) is -1.13. The first kappa shape index (κ1) is 20.5. The van der Waals surface area contributed by atoms with Gasteiger partial charge in [0.1, 0.15) is 0 Å². The van der Waals surface area contributed by atoms with E-state index in [9.17, 15) is 9.59 Å². The standard InChI is InChI=1S/C18H26N2O3.ClH/c1-18(19)11-7-6-10-15(18)16(21)20-12-14(17(22)23-2)13-8-4-3-5-9-13;/h3-5,8-9,14-15H,6-7,10-12,19H2,1-2H3,(H,20,21);1H. The minimum atomic E-state index is -0.502. The lowest BCUT2D eigenvalue weighted by Gasteiger charge is -2.37. The number of benzene rings is 1. The Hall–Kier alpha value is -1.59. The predicted octanol–water partition coefficient (Wildman–Crippen LogP) is 2.39. The van der Waals surface area contributed by atoms with Crippen molar-refractivity contribution in [3.05, 3.63) is 35.9 Å². The molecule has 1 aromatic carbocycles. The van der Waals surface area contributed by atoms with Gasteiger partial charge in [-0.15, -0.1) is 12.4 Å². The molecule has 1 amide bonds. The number of hydrogen-bond acceptors (Lipinski definition) is 4. The number of nitrogens with two attached hydrogens (primary N) is 1. The Kier molecular flexibility index (Phi) is 7.70. The second-order valence-corrected chi connectivity index (χ2v) is 6.54. The van der Waals surface area contributed by atoms with Crippen LogP contribution in [0, 0.1) is 5.92 Å². The highest BCUT2D eigenvalue weighted by Crippen LogP contribution is 2.31. The summed E-state index contributed by atoms with van der Waals surface area (Å²) in [6.45, 7) is 2.16. The third-order valence-corrected chi connectivity index (χ3v) is 4.74. The van der Waals surface area contributed by atoms with Crippen molar-refractivity contribution in [2.24, 2.45) is 11.7 Å². The third-order valence-electron chi connectivity index (χ3n) is 4.74. The average Bonchev–Trinajstić information content (AvgIpc) is 2.55. The Bertz CT molecular complexity index is 548. The Morgan fingerprint density at radius 3 is 2.58 bits per heavy atom. The minimum Gasteiger partial charge on any atom is -0.468 e.